The third-order valence-corrected chi connectivity index (χ3v) is 5.35. The van der Waals surface area contributed by atoms with Crippen molar-refractivity contribution in [3.05, 3.63) is 0 Å². The topological polar surface area (TPSA) is 0 Å². The summed E-state index contributed by atoms with van der Waals surface area (Å²) in [5.41, 5.74) is 0. The van der Waals surface area contributed by atoms with Crippen molar-refractivity contribution in [3.8, 4) is 0 Å². The molecule has 0 aliphatic heterocycles. The zero-order valence-electron chi connectivity index (χ0n) is 13.4. The summed E-state index contributed by atoms with van der Waals surface area (Å²) in [5, 5.41) is 0. The van der Waals surface area contributed by atoms with E-state index >= 15 is 0 Å². The van der Waals surface area contributed by atoms with Gasteiger partial charge in [0, 0.05) is 0 Å². The lowest BCUT2D eigenvalue weighted by atomic mass is 9.82. The fourth-order valence-corrected chi connectivity index (χ4v) is 4.02. The van der Waals surface area contributed by atoms with Gasteiger partial charge in [0.25, 0.3) is 0 Å². The maximum atomic E-state index is 2.18. The van der Waals surface area contributed by atoms with E-state index in [4.69, 9.17) is 0 Å². The van der Waals surface area contributed by atoms with E-state index in [2.05, 4.69) is 27.7 Å². The molecule has 4 atom stereocenters. The first-order valence-electron chi connectivity index (χ1n) is 8.78. The molecule has 0 spiro atoms. The number of hydrogen-bond donors (Lipinski definition) is 0. The standard InChI is InChI=1S/C10H16.2C4H10/c1-2-9-7-4-5-8(6-7)10(9)3-1;2*1-3-4-2/h7-10H,1-6H2;2*3-4H2,1-2H3. The van der Waals surface area contributed by atoms with Crippen LogP contribution in [0, 0.1) is 23.7 Å². The van der Waals surface area contributed by atoms with Crippen LogP contribution in [0.5, 0.6) is 0 Å². The van der Waals surface area contributed by atoms with Gasteiger partial charge in [0.2, 0.25) is 0 Å². The second-order valence-electron chi connectivity index (χ2n) is 6.59. The molecule has 0 radical (unpaired) electrons. The Morgan fingerprint density at radius 3 is 1.33 bits per heavy atom. The second-order valence-corrected chi connectivity index (χ2v) is 6.59. The van der Waals surface area contributed by atoms with Gasteiger partial charge in [-0.25, -0.2) is 0 Å². The van der Waals surface area contributed by atoms with E-state index < -0.39 is 0 Å². The van der Waals surface area contributed by atoms with Gasteiger partial charge in [-0.1, -0.05) is 59.8 Å². The molecule has 3 rings (SSSR count). The number of rotatable bonds is 2. The summed E-state index contributed by atoms with van der Waals surface area (Å²) >= 11 is 0. The Morgan fingerprint density at radius 2 is 1.00 bits per heavy atom. The summed E-state index contributed by atoms with van der Waals surface area (Å²) in [4.78, 5) is 0. The predicted octanol–water partition coefficient (Wildman–Crippen LogP) is 6.45. The Bertz CT molecular complexity index is 172. The fraction of sp³-hybridized carbons (Fsp3) is 1.00. The molecule has 3 saturated carbocycles. The van der Waals surface area contributed by atoms with E-state index in [-0.39, 0.29) is 0 Å². The summed E-state index contributed by atoms with van der Waals surface area (Å²) in [6.45, 7) is 8.72. The van der Waals surface area contributed by atoms with Crippen LogP contribution in [0.4, 0.5) is 0 Å². The third kappa shape index (κ3) is 4.28. The number of fused-ring (bicyclic) bond motifs is 5. The van der Waals surface area contributed by atoms with E-state index in [1.54, 1.807) is 38.5 Å². The van der Waals surface area contributed by atoms with Crippen molar-refractivity contribution in [1.82, 2.24) is 0 Å². The lowest BCUT2D eigenvalue weighted by Crippen LogP contribution is -2.15. The van der Waals surface area contributed by atoms with Gasteiger partial charge in [-0.15, -0.1) is 0 Å². The van der Waals surface area contributed by atoms with Crippen LogP contribution < -0.4 is 0 Å². The molecule has 0 amide bonds. The summed E-state index contributed by atoms with van der Waals surface area (Å²) < 4.78 is 0. The summed E-state index contributed by atoms with van der Waals surface area (Å²) in [5.74, 6) is 4.80. The van der Waals surface area contributed by atoms with Crippen LogP contribution in [-0.2, 0) is 0 Å². The van der Waals surface area contributed by atoms with Crippen LogP contribution >= 0.6 is 0 Å². The Kier molecular flexibility index (Phi) is 8.02. The molecular formula is C18H36. The smallest absolute Gasteiger partial charge is 0.0355 e. The average Bonchev–Trinajstić information content (AvgIpc) is 3.11. The Balaban J connectivity index is 0.000000174. The minimum Gasteiger partial charge on any atom is -0.0654 e. The van der Waals surface area contributed by atoms with E-state index in [0.717, 1.165) is 0 Å². The number of unbranched alkanes of at least 4 members (excludes halogenated alkanes) is 2. The van der Waals surface area contributed by atoms with Crippen molar-refractivity contribution >= 4 is 0 Å². The first-order chi connectivity index (χ1) is 8.78. The highest BCUT2D eigenvalue weighted by Gasteiger charge is 2.48. The van der Waals surface area contributed by atoms with Crippen molar-refractivity contribution in [3.63, 3.8) is 0 Å². The molecule has 3 fully saturated rings. The van der Waals surface area contributed by atoms with Crippen molar-refractivity contribution in [2.75, 3.05) is 0 Å². The van der Waals surface area contributed by atoms with E-state index in [1.807, 2.05) is 0 Å². The minimum atomic E-state index is 1.19. The lowest BCUT2D eigenvalue weighted by Gasteiger charge is -2.23. The van der Waals surface area contributed by atoms with Gasteiger partial charge in [-0.2, -0.15) is 0 Å². The largest absolute Gasteiger partial charge is 0.0654 e. The molecule has 0 aromatic heterocycles. The normalized spacial score (nSPS) is 35.3. The molecule has 3 aliphatic rings. The minimum absolute atomic E-state index is 1.19. The first kappa shape index (κ1) is 16.1. The third-order valence-electron chi connectivity index (χ3n) is 5.35. The monoisotopic (exact) mass is 252 g/mol. The molecule has 0 aromatic rings. The van der Waals surface area contributed by atoms with Crippen LogP contribution in [-0.4, -0.2) is 0 Å². The van der Waals surface area contributed by atoms with Gasteiger partial charge in [0.1, 0.15) is 0 Å². The summed E-state index contributed by atoms with van der Waals surface area (Å²) in [6.07, 6.45) is 14.8. The molecule has 2 bridgehead atoms. The molecular weight excluding hydrogens is 216 g/mol. The van der Waals surface area contributed by atoms with E-state index in [1.165, 1.54) is 49.4 Å². The van der Waals surface area contributed by atoms with Crippen molar-refractivity contribution in [1.29, 1.82) is 0 Å². The SMILES string of the molecule is C1CC2C3CCC(C3)C2C1.CCCC.CCCC. The molecule has 3 aliphatic carbocycles. The Morgan fingerprint density at radius 1 is 0.611 bits per heavy atom. The van der Waals surface area contributed by atoms with Crippen LogP contribution in [0.15, 0.2) is 0 Å². The van der Waals surface area contributed by atoms with Gasteiger partial charge in [-0.3, -0.25) is 0 Å². The molecule has 18 heavy (non-hydrogen) atoms. The Hall–Kier alpha value is 0. The molecule has 0 aromatic carbocycles. The zero-order chi connectivity index (χ0) is 13.4. The molecule has 0 saturated heterocycles. The molecule has 0 nitrogen and oxygen atoms in total. The van der Waals surface area contributed by atoms with Crippen molar-refractivity contribution < 1.29 is 0 Å². The highest BCUT2D eigenvalue weighted by atomic mass is 14.5. The van der Waals surface area contributed by atoms with Crippen LogP contribution in [0.25, 0.3) is 0 Å². The molecule has 0 heterocycles. The van der Waals surface area contributed by atoms with Crippen LogP contribution in [0.2, 0.25) is 0 Å². The number of hydrogen-bond acceptors (Lipinski definition) is 0. The first-order valence-corrected chi connectivity index (χ1v) is 8.78. The maximum Gasteiger partial charge on any atom is -0.0355 e. The maximum absolute atomic E-state index is 2.18. The molecule has 4 unspecified atom stereocenters. The zero-order valence-corrected chi connectivity index (χ0v) is 13.4. The summed E-state index contributed by atoms with van der Waals surface area (Å²) in [7, 11) is 0. The van der Waals surface area contributed by atoms with Gasteiger partial charge >= 0.3 is 0 Å². The van der Waals surface area contributed by atoms with Gasteiger partial charge in [0.05, 0.1) is 0 Å². The van der Waals surface area contributed by atoms with Gasteiger partial charge < -0.3 is 0 Å². The molecule has 0 heteroatoms. The fourth-order valence-electron chi connectivity index (χ4n) is 4.02. The second kappa shape index (κ2) is 8.99. The van der Waals surface area contributed by atoms with Crippen molar-refractivity contribution in [2.24, 2.45) is 23.7 Å². The Labute approximate surface area is 116 Å². The summed E-state index contributed by atoms with van der Waals surface area (Å²) in [6, 6.07) is 0. The highest BCUT2D eigenvalue weighted by Crippen LogP contribution is 2.58. The highest BCUT2D eigenvalue weighted by molar-refractivity contribution is 4.98. The quantitative estimate of drug-likeness (QED) is 0.530. The molecule has 108 valence electrons. The average molecular weight is 252 g/mol. The van der Waals surface area contributed by atoms with E-state index in [9.17, 15) is 0 Å². The van der Waals surface area contributed by atoms with Gasteiger partial charge in [-0.05, 0) is 55.8 Å². The van der Waals surface area contributed by atoms with Crippen LogP contribution in [0.3, 0.4) is 0 Å². The van der Waals surface area contributed by atoms with Gasteiger partial charge in [0.15, 0.2) is 0 Å². The van der Waals surface area contributed by atoms with E-state index in [0.29, 0.717) is 0 Å². The molecule has 0 N–H and O–H groups in total. The van der Waals surface area contributed by atoms with Crippen LogP contribution in [0.1, 0.15) is 91.9 Å². The predicted molar refractivity (Wildman–Crippen MR) is 82.8 cm³/mol. The van der Waals surface area contributed by atoms with Crippen molar-refractivity contribution in [2.45, 2.75) is 91.9 Å². The lowest BCUT2D eigenvalue weighted by molar-refractivity contribution is 0.259.